The molecule has 0 aliphatic carbocycles. The van der Waals surface area contributed by atoms with Gasteiger partial charge in [-0.05, 0) is 20.2 Å². The molecule has 1 aromatic rings. The predicted octanol–water partition coefficient (Wildman–Crippen LogP) is 0.886. The third kappa shape index (κ3) is 4.20. The van der Waals surface area contributed by atoms with E-state index in [1.54, 1.807) is 6.07 Å². The Morgan fingerprint density at radius 3 is 2.76 bits per heavy atom. The number of nitro groups is 1. The first-order valence-electron chi connectivity index (χ1n) is 5.18. The lowest BCUT2D eigenvalue weighted by atomic mass is 10.2. The van der Waals surface area contributed by atoms with Crippen molar-refractivity contribution >= 4 is 11.6 Å². The van der Waals surface area contributed by atoms with Crippen molar-refractivity contribution in [3.8, 4) is 0 Å². The normalized spacial score (nSPS) is 10.3. The number of benzene rings is 1. The molecular weight excluding hydrogens is 222 g/mol. The number of likely N-dealkylation sites (N-methyl/N-ethyl adjacent to an activating group) is 1. The minimum absolute atomic E-state index is 0.0785. The largest absolute Gasteiger partial charge is 0.351 e. The van der Waals surface area contributed by atoms with Gasteiger partial charge in [0, 0.05) is 30.8 Å². The Kier molecular flexibility index (Phi) is 4.59. The highest BCUT2D eigenvalue weighted by Crippen LogP contribution is 2.12. The van der Waals surface area contributed by atoms with Crippen LogP contribution in [-0.4, -0.2) is 42.9 Å². The molecule has 92 valence electrons. The highest BCUT2D eigenvalue weighted by Gasteiger charge is 2.10. The molecule has 0 fully saturated rings. The van der Waals surface area contributed by atoms with Gasteiger partial charge in [-0.25, -0.2) is 0 Å². The summed E-state index contributed by atoms with van der Waals surface area (Å²) in [6.07, 6.45) is 0. The molecular formula is C11H15N3O3. The first-order valence-corrected chi connectivity index (χ1v) is 5.18. The fraction of sp³-hybridized carbons (Fsp3) is 0.364. The number of hydrogen-bond donors (Lipinski definition) is 1. The Morgan fingerprint density at radius 2 is 2.18 bits per heavy atom. The molecule has 0 aromatic heterocycles. The lowest BCUT2D eigenvalue weighted by molar-refractivity contribution is -0.384. The highest BCUT2D eigenvalue weighted by atomic mass is 16.6. The smallest absolute Gasteiger partial charge is 0.270 e. The van der Waals surface area contributed by atoms with Gasteiger partial charge in [0.25, 0.3) is 11.6 Å². The van der Waals surface area contributed by atoms with Gasteiger partial charge >= 0.3 is 0 Å². The standard InChI is InChI=1S/C11H15N3O3/c1-13(2)7-6-12-11(15)9-4-3-5-10(8-9)14(16)17/h3-5,8H,6-7H2,1-2H3,(H,12,15). The molecule has 0 spiro atoms. The van der Waals surface area contributed by atoms with Gasteiger partial charge < -0.3 is 10.2 Å². The summed E-state index contributed by atoms with van der Waals surface area (Å²) in [5.41, 5.74) is 0.225. The van der Waals surface area contributed by atoms with E-state index in [9.17, 15) is 14.9 Å². The van der Waals surface area contributed by atoms with E-state index >= 15 is 0 Å². The zero-order chi connectivity index (χ0) is 12.8. The molecule has 0 saturated heterocycles. The Hall–Kier alpha value is -1.95. The number of nitrogens with zero attached hydrogens (tertiary/aromatic N) is 2. The number of non-ortho nitro benzene ring substituents is 1. The number of nitrogens with one attached hydrogen (secondary N) is 1. The van der Waals surface area contributed by atoms with E-state index in [0.717, 1.165) is 6.54 Å². The monoisotopic (exact) mass is 237 g/mol. The van der Waals surface area contributed by atoms with Crippen LogP contribution >= 0.6 is 0 Å². The molecule has 0 bridgehead atoms. The minimum Gasteiger partial charge on any atom is -0.351 e. The van der Waals surface area contributed by atoms with Crippen molar-refractivity contribution in [2.45, 2.75) is 0 Å². The molecule has 6 nitrogen and oxygen atoms in total. The van der Waals surface area contributed by atoms with Gasteiger partial charge in [-0.2, -0.15) is 0 Å². The number of carbonyl (C=O) groups is 1. The molecule has 0 atom stereocenters. The van der Waals surface area contributed by atoms with Crippen LogP contribution in [0.5, 0.6) is 0 Å². The molecule has 1 amide bonds. The minimum atomic E-state index is -0.517. The van der Waals surface area contributed by atoms with Crippen LogP contribution in [0, 0.1) is 10.1 Å². The van der Waals surface area contributed by atoms with Crippen molar-refractivity contribution < 1.29 is 9.72 Å². The maximum Gasteiger partial charge on any atom is 0.270 e. The highest BCUT2D eigenvalue weighted by molar-refractivity contribution is 5.94. The van der Waals surface area contributed by atoms with Crippen molar-refractivity contribution in [1.29, 1.82) is 0 Å². The summed E-state index contributed by atoms with van der Waals surface area (Å²) in [4.78, 5) is 23.6. The van der Waals surface area contributed by atoms with E-state index in [1.165, 1.54) is 18.2 Å². The molecule has 1 N–H and O–H groups in total. The fourth-order valence-corrected chi connectivity index (χ4v) is 1.26. The summed E-state index contributed by atoms with van der Waals surface area (Å²) in [7, 11) is 3.80. The van der Waals surface area contributed by atoms with Crippen molar-refractivity contribution in [1.82, 2.24) is 10.2 Å². The van der Waals surface area contributed by atoms with E-state index in [2.05, 4.69) is 5.32 Å². The van der Waals surface area contributed by atoms with E-state index in [1.807, 2.05) is 19.0 Å². The molecule has 17 heavy (non-hydrogen) atoms. The summed E-state index contributed by atoms with van der Waals surface area (Å²) in [6, 6.07) is 5.68. The Labute approximate surface area is 99.4 Å². The van der Waals surface area contributed by atoms with Crippen molar-refractivity contribution in [3.05, 3.63) is 39.9 Å². The molecule has 0 aliphatic rings. The third-order valence-corrected chi connectivity index (χ3v) is 2.16. The first-order chi connectivity index (χ1) is 8.00. The summed E-state index contributed by atoms with van der Waals surface area (Å²) in [5, 5.41) is 13.2. The van der Waals surface area contributed by atoms with Crippen LogP contribution in [0.4, 0.5) is 5.69 Å². The van der Waals surface area contributed by atoms with Gasteiger partial charge in [-0.15, -0.1) is 0 Å². The molecule has 0 saturated carbocycles. The van der Waals surface area contributed by atoms with Gasteiger partial charge in [0.05, 0.1) is 4.92 Å². The average Bonchev–Trinajstić information content (AvgIpc) is 2.28. The molecule has 0 heterocycles. The average molecular weight is 237 g/mol. The van der Waals surface area contributed by atoms with Crippen LogP contribution in [0.15, 0.2) is 24.3 Å². The van der Waals surface area contributed by atoms with Gasteiger partial charge in [-0.3, -0.25) is 14.9 Å². The second-order valence-corrected chi connectivity index (χ2v) is 3.87. The maximum atomic E-state index is 11.6. The third-order valence-electron chi connectivity index (χ3n) is 2.16. The zero-order valence-electron chi connectivity index (χ0n) is 9.84. The lowest BCUT2D eigenvalue weighted by Gasteiger charge is -2.10. The first kappa shape index (κ1) is 13.1. The molecule has 1 aromatic carbocycles. The Bertz CT molecular complexity index is 418. The van der Waals surface area contributed by atoms with Gasteiger partial charge in [-0.1, -0.05) is 6.07 Å². The Morgan fingerprint density at radius 1 is 1.47 bits per heavy atom. The molecule has 0 radical (unpaired) electrons. The van der Waals surface area contributed by atoms with E-state index < -0.39 is 4.92 Å². The van der Waals surface area contributed by atoms with Crippen molar-refractivity contribution in [2.24, 2.45) is 0 Å². The Balaban J connectivity index is 2.63. The number of nitro benzene ring substituents is 1. The van der Waals surface area contributed by atoms with Gasteiger partial charge in [0.15, 0.2) is 0 Å². The van der Waals surface area contributed by atoms with Gasteiger partial charge in [0.2, 0.25) is 0 Å². The summed E-state index contributed by atoms with van der Waals surface area (Å²) in [6.45, 7) is 1.23. The van der Waals surface area contributed by atoms with Gasteiger partial charge in [0.1, 0.15) is 0 Å². The summed E-state index contributed by atoms with van der Waals surface area (Å²) < 4.78 is 0. The van der Waals surface area contributed by atoms with E-state index in [-0.39, 0.29) is 11.6 Å². The number of rotatable bonds is 5. The SMILES string of the molecule is CN(C)CCNC(=O)c1cccc([N+](=O)[O-])c1. The van der Waals surface area contributed by atoms with Crippen molar-refractivity contribution in [3.63, 3.8) is 0 Å². The van der Waals surface area contributed by atoms with Crippen LogP contribution < -0.4 is 5.32 Å². The lowest BCUT2D eigenvalue weighted by Crippen LogP contribution is -2.31. The maximum absolute atomic E-state index is 11.6. The van der Waals surface area contributed by atoms with E-state index in [0.29, 0.717) is 12.1 Å². The van der Waals surface area contributed by atoms with Crippen molar-refractivity contribution in [2.75, 3.05) is 27.2 Å². The van der Waals surface area contributed by atoms with Crippen LogP contribution in [0.25, 0.3) is 0 Å². The van der Waals surface area contributed by atoms with E-state index in [4.69, 9.17) is 0 Å². The molecule has 1 rings (SSSR count). The molecule has 0 aliphatic heterocycles. The molecule has 6 heteroatoms. The topological polar surface area (TPSA) is 75.5 Å². The number of carbonyl (C=O) groups excluding carboxylic acids is 1. The van der Waals surface area contributed by atoms with Crippen LogP contribution in [-0.2, 0) is 0 Å². The van der Waals surface area contributed by atoms with Crippen LogP contribution in [0.3, 0.4) is 0 Å². The quantitative estimate of drug-likeness (QED) is 0.609. The second kappa shape index (κ2) is 5.95. The molecule has 0 unspecified atom stereocenters. The summed E-state index contributed by atoms with van der Waals surface area (Å²) in [5.74, 6) is -0.296. The van der Waals surface area contributed by atoms with Crippen LogP contribution in [0.1, 0.15) is 10.4 Å². The second-order valence-electron chi connectivity index (χ2n) is 3.87. The predicted molar refractivity (Wildman–Crippen MR) is 64.0 cm³/mol. The number of hydrogen-bond acceptors (Lipinski definition) is 4. The van der Waals surface area contributed by atoms with Crippen LogP contribution in [0.2, 0.25) is 0 Å². The number of amides is 1. The summed E-state index contributed by atoms with van der Waals surface area (Å²) >= 11 is 0. The zero-order valence-corrected chi connectivity index (χ0v) is 9.84. The fourth-order valence-electron chi connectivity index (χ4n) is 1.26.